The van der Waals surface area contributed by atoms with Crippen molar-refractivity contribution in [3.8, 4) is 0 Å². The molecule has 7 atom stereocenters. The third-order valence-electron chi connectivity index (χ3n) is 9.11. The maximum absolute atomic E-state index is 12.6. The lowest BCUT2D eigenvalue weighted by molar-refractivity contribution is -0.125. The molecule has 4 rings (SSSR count). The summed E-state index contributed by atoms with van der Waals surface area (Å²) in [5, 5.41) is 11.4. The molecule has 3 saturated carbocycles. The van der Waals surface area contributed by atoms with Crippen molar-refractivity contribution in [2.45, 2.75) is 70.8 Å². The van der Waals surface area contributed by atoms with Crippen molar-refractivity contribution in [2.24, 2.45) is 34.5 Å². The molecule has 0 saturated heterocycles. The van der Waals surface area contributed by atoms with E-state index in [9.17, 15) is 9.90 Å². The molecule has 0 aromatic rings. The van der Waals surface area contributed by atoms with Gasteiger partial charge in [-0.2, -0.15) is 0 Å². The standard InChI is InChI=1S/C23H35BrO3/c1-21-10-11-23(26,14-27-3)12-15(21)4-5-16-17-6-7-19(20(25)13-24)22(17,2)9-8-18(16)21/h8,15-17,19,26H,4-7,9-14H2,1-3H3/t15-,16+,17+,19-,21+,22+,23-/m1/s1. The fourth-order valence-corrected chi connectivity index (χ4v) is 8.01. The fourth-order valence-electron chi connectivity index (χ4n) is 7.62. The normalized spacial score (nSPS) is 49.0. The highest BCUT2D eigenvalue weighted by molar-refractivity contribution is 9.09. The predicted octanol–water partition coefficient (Wildman–Crippen LogP) is 4.91. The van der Waals surface area contributed by atoms with Gasteiger partial charge in [0.15, 0.2) is 0 Å². The lowest BCUT2D eigenvalue weighted by atomic mass is 9.47. The number of fused-ring (bicyclic) bond motifs is 5. The molecule has 152 valence electrons. The molecular formula is C23H35BrO3. The van der Waals surface area contributed by atoms with E-state index in [1.165, 1.54) is 19.3 Å². The van der Waals surface area contributed by atoms with Crippen molar-refractivity contribution in [1.29, 1.82) is 0 Å². The van der Waals surface area contributed by atoms with Crippen LogP contribution in [0.25, 0.3) is 0 Å². The molecule has 0 amide bonds. The quantitative estimate of drug-likeness (QED) is 0.500. The Morgan fingerprint density at radius 2 is 2.04 bits per heavy atom. The van der Waals surface area contributed by atoms with Crippen LogP contribution in [0.15, 0.2) is 11.6 Å². The van der Waals surface area contributed by atoms with Gasteiger partial charge < -0.3 is 9.84 Å². The van der Waals surface area contributed by atoms with Crippen LogP contribution in [-0.4, -0.2) is 35.5 Å². The molecule has 27 heavy (non-hydrogen) atoms. The number of alkyl halides is 1. The van der Waals surface area contributed by atoms with Crippen molar-refractivity contribution >= 4 is 21.7 Å². The Kier molecular flexibility index (Phi) is 5.17. The highest BCUT2D eigenvalue weighted by atomic mass is 79.9. The number of carbonyl (C=O) groups excluding carboxylic acids is 1. The second-order valence-electron chi connectivity index (χ2n) is 10.4. The molecule has 4 aliphatic carbocycles. The SMILES string of the molecule is COC[C@@]1(O)CC[C@]2(C)C3=CC[C@]4(C)[C@@H](C(=O)CBr)CC[C@H]4[C@@H]3CC[C@@H]2C1. The van der Waals surface area contributed by atoms with Gasteiger partial charge in [-0.15, -0.1) is 0 Å². The van der Waals surface area contributed by atoms with E-state index in [4.69, 9.17) is 4.74 Å². The predicted molar refractivity (Wildman–Crippen MR) is 111 cm³/mol. The van der Waals surface area contributed by atoms with Crippen LogP contribution in [0.5, 0.6) is 0 Å². The van der Waals surface area contributed by atoms with Crippen molar-refractivity contribution in [2.75, 3.05) is 19.0 Å². The molecule has 0 aromatic carbocycles. The Morgan fingerprint density at radius 1 is 1.26 bits per heavy atom. The summed E-state index contributed by atoms with van der Waals surface area (Å²) in [6.45, 7) is 5.30. The van der Waals surface area contributed by atoms with Gasteiger partial charge in [0.1, 0.15) is 5.78 Å². The first-order chi connectivity index (χ1) is 12.8. The van der Waals surface area contributed by atoms with Crippen LogP contribution < -0.4 is 0 Å². The lowest BCUT2D eigenvalue weighted by Gasteiger charge is -2.58. The van der Waals surface area contributed by atoms with E-state index in [0.29, 0.717) is 35.5 Å². The van der Waals surface area contributed by atoms with Crippen LogP contribution in [0.3, 0.4) is 0 Å². The zero-order valence-corrected chi connectivity index (χ0v) is 18.7. The number of ketones is 1. The average molecular weight is 439 g/mol. The lowest BCUT2D eigenvalue weighted by Crippen LogP contribution is -2.52. The third kappa shape index (κ3) is 3.00. The topological polar surface area (TPSA) is 46.5 Å². The van der Waals surface area contributed by atoms with E-state index < -0.39 is 5.60 Å². The van der Waals surface area contributed by atoms with E-state index in [0.717, 1.165) is 32.1 Å². The van der Waals surface area contributed by atoms with Gasteiger partial charge in [0.05, 0.1) is 17.5 Å². The van der Waals surface area contributed by atoms with Crippen LogP contribution >= 0.6 is 15.9 Å². The highest BCUT2D eigenvalue weighted by Gasteiger charge is 2.59. The summed E-state index contributed by atoms with van der Waals surface area (Å²) in [6.07, 6.45) is 11.1. The molecule has 0 heterocycles. The molecule has 3 fully saturated rings. The molecule has 0 spiro atoms. The summed E-state index contributed by atoms with van der Waals surface area (Å²) in [4.78, 5) is 12.6. The maximum Gasteiger partial charge on any atom is 0.147 e. The Morgan fingerprint density at radius 3 is 2.74 bits per heavy atom. The van der Waals surface area contributed by atoms with E-state index in [2.05, 4.69) is 35.9 Å². The van der Waals surface area contributed by atoms with Crippen molar-refractivity contribution in [3.63, 3.8) is 0 Å². The van der Waals surface area contributed by atoms with E-state index in [1.54, 1.807) is 12.7 Å². The van der Waals surface area contributed by atoms with Gasteiger partial charge >= 0.3 is 0 Å². The molecule has 0 unspecified atom stereocenters. The molecule has 3 nitrogen and oxygen atoms in total. The molecule has 0 aromatic heterocycles. The highest BCUT2D eigenvalue weighted by Crippen LogP contribution is 2.66. The van der Waals surface area contributed by atoms with Crippen LogP contribution in [0.4, 0.5) is 0 Å². The summed E-state index contributed by atoms with van der Waals surface area (Å²) in [5.74, 6) is 2.48. The number of allylic oxidation sites excluding steroid dienone is 2. The Labute approximate surface area is 172 Å². The number of rotatable bonds is 4. The summed E-state index contributed by atoms with van der Waals surface area (Å²) >= 11 is 3.41. The number of ether oxygens (including phenoxy) is 1. The summed E-state index contributed by atoms with van der Waals surface area (Å²) in [5.41, 5.74) is 1.40. The minimum atomic E-state index is -0.643. The zero-order valence-electron chi connectivity index (χ0n) is 17.1. The molecule has 0 aliphatic heterocycles. The van der Waals surface area contributed by atoms with E-state index >= 15 is 0 Å². The Balaban J connectivity index is 1.61. The van der Waals surface area contributed by atoms with Gasteiger partial charge in [-0.3, -0.25) is 4.79 Å². The van der Waals surface area contributed by atoms with Crippen LogP contribution in [0, 0.1) is 34.5 Å². The number of carbonyl (C=O) groups is 1. The fraction of sp³-hybridized carbons (Fsp3) is 0.870. The van der Waals surface area contributed by atoms with Gasteiger partial charge in [-0.25, -0.2) is 0 Å². The molecule has 4 aliphatic rings. The number of hydrogen-bond donors (Lipinski definition) is 1. The second kappa shape index (κ2) is 6.95. The smallest absolute Gasteiger partial charge is 0.147 e. The van der Waals surface area contributed by atoms with Gasteiger partial charge in [0, 0.05) is 13.0 Å². The van der Waals surface area contributed by atoms with E-state index in [-0.39, 0.29) is 16.7 Å². The number of halogens is 1. The van der Waals surface area contributed by atoms with Crippen LogP contribution in [0.2, 0.25) is 0 Å². The van der Waals surface area contributed by atoms with Crippen molar-refractivity contribution in [3.05, 3.63) is 11.6 Å². The number of methoxy groups -OCH3 is 1. The monoisotopic (exact) mass is 438 g/mol. The zero-order chi connectivity index (χ0) is 19.4. The number of hydrogen-bond acceptors (Lipinski definition) is 3. The van der Waals surface area contributed by atoms with Crippen LogP contribution in [0.1, 0.15) is 65.2 Å². The Hall–Kier alpha value is -0.190. The number of aliphatic hydroxyl groups is 1. The van der Waals surface area contributed by atoms with Gasteiger partial charge in [-0.1, -0.05) is 41.4 Å². The first kappa shape index (κ1) is 20.1. The second-order valence-corrected chi connectivity index (χ2v) is 10.9. The average Bonchev–Trinajstić information content (AvgIpc) is 2.99. The minimum Gasteiger partial charge on any atom is -0.387 e. The van der Waals surface area contributed by atoms with Gasteiger partial charge in [0.2, 0.25) is 0 Å². The van der Waals surface area contributed by atoms with Crippen molar-refractivity contribution in [1.82, 2.24) is 0 Å². The van der Waals surface area contributed by atoms with Gasteiger partial charge in [-0.05, 0) is 80.0 Å². The summed E-state index contributed by atoms with van der Waals surface area (Å²) < 4.78 is 5.32. The largest absolute Gasteiger partial charge is 0.387 e. The van der Waals surface area contributed by atoms with Gasteiger partial charge in [0.25, 0.3) is 0 Å². The molecular weight excluding hydrogens is 404 g/mol. The van der Waals surface area contributed by atoms with E-state index in [1.807, 2.05) is 0 Å². The molecule has 4 heteroatoms. The summed E-state index contributed by atoms with van der Waals surface area (Å²) in [6, 6.07) is 0. The first-order valence-electron chi connectivity index (χ1n) is 10.8. The minimum absolute atomic E-state index is 0.146. The Bertz CT molecular complexity index is 646. The molecule has 1 N–H and O–H groups in total. The number of Topliss-reactive ketones (excluding diaryl/α,β-unsaturated/α-hetero) is 1. The maximum atomic E-state index is 12.6. The van der Waals surface area contributed by atoms with Crippen LogP contribution in [-0.2, 0) is 9.53 Å². The summed E-state index contributed by atoms with van der Waals surface area (Å²) in [7, 11) is 1.69. The van der Waals surface area contributed by atoms with Crippen molar-refractivity contribution < 1.29 is 14.6 Å². The molecule has 0 bridgehead atoms. The molecule has 0 radical (unpaired) electrons. The third-order valence-corrected chi connectivity index (χ3v) is 9.67. The first-order valence-corrected chi connectivity index (χ1v) is 11.9.